The van der Waals surface area contributed by atoms with Gasteiger partial charge in [-0.2, -0.15) is 0 Å². The summed E-state index contributed by atoms with van der Waals surface area (Å²) in [7, 11) is 1.58. The lowest BCUT2D eigenvalue weighted by Crippen LogP contribution is -2.45. The number of likely N-dealkylation sites (N-methyl/N-ethyl adjacent to an activating group) is 1. The van der Waals surface area contributed by atoms with Gasteiger partial charge in [0, 0.05) is 6.42 Å². The Hall–Kier alpha value is -1.54. The van der Waals surface area contributed by atoms with E-state index in [-0.39, 0.29) is 19.1 Å². The fourth-order valence-electron chi connectivity index (χ4n) is 8.29. The van der Waals surface area contributed by atoms with Crippen LogP contribution in [0.2, 0.25) is 0 Å². The first-order valence-electron chi connectivity index (χ1n) is 28.5. The number of nitrogens with one attached hydrogen (secondary N) is 1. The fourth-order valence-corrected chi connectivity index (χ4v) is 9.02. The van der Waals surface area contributed by atoms with Gasteiger partial charge in [-0.1, -0.05) is 249 Å². The molecule has 0 aliphatic carbocycles. The van der Waals surface area contributed by atoms with E-state index >= 15 is 0 Å². The summed E-state index contributed by atoms with van der Waals surface area (Å²) in [5.41, 5.74) is 0. The van der Waals surface area contributed by atoms with E-state index in [4.69, 9.17) is 9.05 Å². The minimum absolute atomic E-state index is 0.0620. The van der Waals surface area contributed by atoms with Gasteiger partial charge < -0.3 is 19.8 Å². The Morgan fingerprint density at radius 1 is 0.507 bits per heavy atom. The zero-order valence-corrected chi connectivity index (χ0v) is 45.8. The average Bonchev–Trinajstić information content (AvgIpc) is 3.29. The van der Waals surface area contributed by atoms with E-state index < -0.39 is 20.0 Å². The molecule has 0 rings (SSSR count). The van der Waals surface area contributed by atoms with Crippen LogP contribution < -0.4 is 5.32 Å². The SMILES string of the molecule is CCCCCCC/C=C\C/C=C\C/C=C\CCCCCCCCCCCCCCCCCCCCCCCCC(=O)NC(COP(=O)(O)OCC[N+](C)(C)C)C(O)/C=C/CCCCCCCC. The van der Waals surface area contributed by atoms with Gasteiger partial charge in [-0.05, 0) is 57.8 Å². The second-order valence-electron chi connectivity index (χ2n) is 20.7. The van der Waals surface area contributed by atoms with Crippen molar-refractivity contribution < 1.29 is 32.9 Å². The highest BCUT2D eigenvalue weighted by Crippen LogP contribution is 2.43. The van der Waals surface area contributed by atoms with Gasteiger partial charge in [-0.15, -0.1) is 0 Å². The molecular weight excluding hydrogens is 852 g/mol. The molecule has 0 fully saturated rings. The van der Waals surface area contributed by atoms with Gasteiger partial charge in [0.2, 0.25) is 5.91 Å². The van der Waals surface area contributed by atoms with Gasteiger partial charge in [-0.3, -0.25) is 13.8 Å². The number of quaternary nitrogens is 1. The maximum absolute atomic E-state index is 12.9. The highest BCUT2D eigenvalue weighted by atomic mass is 31.2. The average molecular weight is 965 g/mol. The van der Waals surface area contributed by atoms with Gasteiger partial charge in [0.05, 0.1) is 39.9 Å². The van der Waals surface area contributed by atoms with E-state index in [1.54, 1.807) is 6.08 Å². The number of phosphoric acid groups is 1. The van der Waals surface area contributed by atoms with Crippen molar-refractivity contribution in [3.8, 4) is 0 Å². The Kier molecular flexibility index (Phi) is 48.3. The molecule has 394 valence electrons. The second kappa shape index (κ2) is 49.4. The third-order valence-corrected chi connectivity index (χ3v) is 13.8. The number of phosphoric ester groups is 1. The van der Waals surface area contributed by atoms with E-state index in [1.807, 2.05) is 27.2 Å². The number of aliphatic hydroxyl groups excluding tert-OH is 1. The van der Waals surface area contributed by atoms with Crippen molar-refractivity contribution in [2.45, 2.75) is 276 Å². The number of allylic oxidation sites excluding steroid dienone is 7. The van der Waals surface area contributed by atoms with Crippen molar-refractivity contribution in [3.05, 3.63) is 48.6 Å². The van der Waals surface area contributed by atoms with Crippen LogP contribution in [0.5, 0.6) is 0 Å². The first-order chi connectivity index (χ1) is 32.5. The molecule has 0 bridgehead atoms. The summed E-state index contributed by atoms with van der Waals surface area (Å²) in [5.74, 6) is -0.178. The summed E-state index contributed by atoms with van der Waals surface area (Å²) < 4.78 is 23.5. The quantitative estimate of drug-likeness (QED) is 0.0243. The smallest absolute Gasteiger partial charge is 0.387 e. The van der Waals surface area contributed by atoms with E-state index in [9.17, 15) is 19.4 Å². The standard InChI is InChI=1S/C58H111N2O6P/c1-6-8-10-12-14-16-17-18-19-20-21-22-23-24-25-26-27-28-29-30-31-32-33-34-35-36-37-38-39-40-41-42-43-44-46-48-50-52-58(62)59-56(55-66-67(63,64)65-54-53-60(3,4)5)57(61)51-49-47-45-15-13-11-9-7-2/h17-18,20-21,23-24,49,51,56-57,61H,6-16,19,22,25-48,50,52-55H2,1-5H3,(H-,59,62,63,64)/p+1/b18-17-,21-20-,24-23-,51-49+. The Labute approximate surface area is 416 Å². The van der Waals surface area contributed by atoms with Crippen LogP contribution in [0.3, 0.4) is 0 Å². The first kappa shape index (κ1) is 65.5. The lowest BCUT2D eigenvalue weighted by atomic mass is 10.0. The van der Waals surface area contributed by atoms with Gasteiger partial charge >= 0.3 is 7.82 Å². The van der Waals surface area contributed by atoms with E-state index in [0.29, 0.717) is 17.4 Å². The number of aliphatic hydroxyl groups is 1. The number of rotatable bonds is 52. The van der Waals surface area contributed by atoms with Gasteiger partial charge in [-0.25, -0.2) is 4.57 Å². The van der Waals surface area contributed by atoms with Crippen molar-refractivity contribution in [1.29, 1.82) is 0 Å². The van der Waals surface area contributed by atoms with Crippen LogP contribution in [0.1, 0.15) is 264 Å². The van der Waals surface area contributed by atoms with Crippen LogP contribution in [-0.4, -0.2) is 73.4 Å². The third kappa shape index (κ3) is 52.1. The second-order valence-corrected chi connectivity index (χ2v) is 22.1. The van der Waals surface area contributed by atoms with E-state index in [0.717, 1.165) is 51.4 Å². The molecule has 0 radical (unpaired) electrons. The van der Waals surface area contributed by atoms with Crippen molar-refractivity contribution >= 4 is 13.7 Å². The van der Waals surface area contributed by atoms with Crippen LogP contribution in [-0.2, 0) is 18.4 Å². The number of amides is 1. The van der Waals surface area contributed by atoms with Crippen molar-refractivity contribution in [1.82, 2.24) is 5.32 Å². The van der Waals surface area contributed by atoms with Gasteiger partial charge in [0.1, 0.15) is 13.2 Å². The number of hydrogen-bond acceptors (Lipinski definition) is 5. The number of nitrogens with zero attached hydrogens (tertiary/aromatic N) is 1. The highest BCUT2D eigenvalue weighted by Gasteiger charge is 2.27. The van der Waals surface area contributed by atoms with E-state index in [2.05, 4.69) is 55.6 Å². The molecule has 8 nitrogen and oxygen atoms in total. The Bertz CT molecular complexity index is 1230. The molecule has 67 heavy (non-hydrogen) atoms. The lowest BCUT2D eigenvalue weighted by Gasteiger charge is -2.25. The molecule has 0 saturated heterocycles. The van der Waals surface area contributed by atoms with Gasteiger partial charge in [0.25, 0.3) is 0 Å². The number of unbranched alkanes of at least 4 members (excludes halogenated alkanes) is 33. The summed E-state index contributed by atoms with van der Waals surface area (Å²) in [5, 5.41) is 13.8. The number of carbonyl (C=O) groups is 1. The molecule has 0 heterocycles. The molecule has 3 atom stereocenters. The Morgan fingerprint density at radius 2 is 0.851 bits per heavy atom. The molecule has 0 aromatic carbocycles. The van der Waals surface area contributed by atoms with E-state index in [1.165, 1.54) is 193 Å². The van der Waals surface area contributed by atoms with Crippen LogP contribution in [0.15, 0.2) is 48.6 Å². The monoisotopic (exact) mass is 964 g/mol. The summed E-state index contributed by atoms with van der Waals surface area (Å²) >= 11 is 0. The molecule has 0 spiro atoms. The number of hydrogen-bond donors (Lipinski definition) is 3. The first-order valence-corrected chi connectivity index (χ1v) is 30.0. The lowest BCUT2D eigenvalue weighted by molar-refractivity contribution is -0.870. The normalized spacial score (nSPS) is 14.3. The molecule has 0 saturated carbocycles. The van der Waals surface area contributed by atoms with Gasteiger partial charge in [0.15, 0.2) is 0 Å². The van der Waals surface area contributed by atoms with Crippen LogP contribution in [0, 0.1) is 0 Å². The van der Waals surface area contributed by atoms with Crippen LogP contribution in [0.4, 0.5) is 0 Å². The molecule has 0 aliphatic rings. The predicted molar refractivity (Wildman–Crippen MR) is 291 cm³/mol. The summed E-state index contributed by atoms with van der Waals surface area (Å²) in [6, 6.07) is -0.842. The summed E-state index contributed by atoms with van der Waals surface area (Å²) in [6.45, 7) is 4.77. The minimum Gasteiger partial charge on any atom is -0.387 e. The largest absolute Gasteiger partial charge is 0.472 e. The van der Waals surface area contributed by atoms with Crippen LogP contribution >= 0.6 is 7.82 Å². The molecule has 1 amide bonds. The molecular formula is C58H112N2O6P+. The Balaban J connectivity index is 3.82. The topological polar surface area (TPSA) is 105 Å². The maximum atomic E-state index is 12.9. The van der Waals surface area contributed by atoms with Crippen molar-refractivity contribution in [2.75, 3.05) is 40.9 Å². The summed E-state index contributed by atoms with van der Waals surface area (Å²) in [4.78, 5) is 23.1. The molecule has 0 aliphatic heterocycles. The maximum Gasteiger partial charge on any atom is 0.472 e. The third-order valence-electron chi connectivity index (χ3n) is 12.8. The molecule has 3 N–H and O–H groups in total. The van der Waals surface area contributed by atoms with Crippen LogP contribution in [0.25, 0.3) is 0 Å². The minimum atomic E-state index is -4.33. The zero-order chi connectivity index (χ0) is 49.2. The molecule has 9 heteroatoms. The fraction of sp³-hybridized carbons (Fsp3) is 0.845. The number of carbonyl (C=O) groups excluding carboxylic acids is 1. The molecule has 3 unspecified atom stereocenters. The Morgan fingerprint density at radius 3 is 1.24 bits per heavy atom. The van der Waals surface area contributed by atoms with Crippen molar-refractivity contribution in [2.24, 2.45) is 0 Å². The zero-order valence-electron chi connectivity index (χ0n) is 44.9. The molecule has 0 aromatic rings. The predicted octanol–water partition coefficient (Wildman–Crippen LogP) is 17.2. The highest BCUT2D eigenvalue weighted by molar-refractivity contribution is 7.47. The molecule has 0 aromatic heterocycles. The van der Waals surface area contributed by atoms with Crippen molar-refractivity contribution in [3.63, 3.8) is 0 Å². The summed E-state index contributed by atoms with van der Waals surface area (Å²) in [6.07, 6.45) is 65.4.